The number of hydrogen-bond acceptors (Lipinski definition) is 14. The zero-order chi connectivity index (χ0) is 42.6. The Kier molecular flexibility index (Phi) is 15.5. The summed E-state index contributed by atoms with van der Waals surface area (Å²) in [7, 11) is 0. The summed E-state index contributed by atoms with van der Waals surface area (Å²) < 4.78 is 27.7. The largest absolute Gasteiger partial charge is 0.493 e. The monoisotopic (exact) mass is 830 g/mol. The molecule has 2 aromatic carbocycles. The summed E-state index contributed by atoms with van der Waals surface area (Å²) in [6.07, 6.45) is 2.29. The fraction of sp³-hybridized carbons (Fsp3) is 0.366. The Hall–Kier alpha value is -5.81. The minimum absolute atomic E-state index is 0.0220. The minimum Gasteiger partial charge on any atom is -0.493 e. The molecule has 0 aliphatic carbocycles. The van der Waals surface area contributed by atoms with E-state index < -0.39 is 41.3 Å². The molecule has 305 valence electrons. The average Bonchev–Trinajstić information content (AvgIpc) is 3.63. The Bertz CT molecular complexity index is 2150. The number of benzene rings is 2. The van der Waals surface area contributed by atoms with Crippen molar-refractivity contribution in [3.8, 4) is 40.5 Å². The molecule has 0 spiro atoms. The second kappa shape index (κ2) is 20.1. The van der Waals surface area contributed by atoms with Crippen LogP contribution in [0.2, 0.25) is 5.02 Å². The van der Waals surface area contributed by atoms with Crippen molar-refractivity contribution in [2.24, 2.45) is 0 Å². The quantitative estimate of drug-likeness (QED) is 0.0587. The SMILES string of the molecule is C[C@H](NC(=O)[C@H](COC(C)(C)C)NC(=O)OC(C)(C)C)C(=O)OC[CH]COc1ccc(-c2c(C#N)c(N)nc(SCc3coc(-c4ccc(Cl)cc4)n3)c2C#N)cc1. The summed E-state index contributed by atoms with van der Waals surface area (Å²) in [5, 5.41) is 26.1. The fourth-order valence-electron chi connectivity index (χ4n) is 4.96. The molecule has 0 saturated heterocycles. The van der Waals surface area contributed by atoms with Crippen molar-refractivity contribution in [1.29, 1.82) is 10.5 Å². The zero-order valence-corrected chi connectivity index (χ0v) is 34.7. The molecule has 17 heteroatoms. The van der Waals surface area contributed by atoms with Crippen LogP contribution < -0.4 is 21.1 Å². The summed E-state index contributed by atoms with van der Waals surface area (Å²) in [4.78, 5) is 46.9. The molecule has 15 nitrogen and oxygen atoms in total. The lowest BCUT2D eigenvalue weighted by atomic mass is 9.97. The number of oxazole rings is 1. The van der Waals surface area contributed by atoms with E-state index in [1.54, 1.807) is 96.5 Å². The number of thioether (sulfide) groups is 1. The lowest BCUT2D eigenvalue weighted by Gasteiger charge is -2.27. The topological polar surface area (TPSA) is 225 Å². The van der Waals surface area contributed by atoms with E-state index in [4.69, 9.17) is 40.7 Å². The Balaban J connectivity index is 1.31. The van der Waals surface area contributed by atoms with Gasteiger partial charge < -0.3 is 39.7 Å². The van der Waals surface area contributed by atoms with E-state index in [0.29, 0.717) is 44.3 Å². The number of nitrogen functional groups attached to an aromatic ring is 1. The van der Waals surface area contributed by atoms with Crippen LogP contribution in [-0.2, 0) is 29.6 Å². The number of pyridine rings is 1. The predicted octanol–water partition coefficient (Wildman–Crippen LogP) is 7.01. The number of carbonyl (C=O) groups excluding carboxylic acids is 3. The maximum atomic E-state index is 13.0. The van der Waals surface area contributed by atoms with Crippen LogP contribution in [-0.4, -0.2) is 71.0 Å². The van der Waals surface area contributed by atoms with Gasteiger partial charge in [-0.05, 0) is 90.4 Å². The lowest BCUT2D eigenvalue weighted by Crippen LogP contribution is -2.54. The van der Waals surface area contributed by atoms with Gasteiger partial charge in [-0.25, -0.2) is 19.6 Å². The number of amides is 2. The summed E-state index contributed by atoms with van der Waals surface area (Å²) in [5.74, 6) is -0.187. The van der Waals surface area contributed by atoms with Gasteiger partial charge in [0.05, 0.1) is 36.7 Å². The van der Waals surface area contributed by atoms with Crippen LogP contribution in [0.1, 0.15) is 65.3 Å². The van der Waals surface area contributed by atoms with Gasteiger partial charge in [-0.3, -0.25) is 4.79 Å². The van der Waals surface area contributed by atoms with Crippen LogP contribution in [0.15, 0.2) is 64.2 Å². The van der Waals surface area contributed by atoms with Crippen LogP contribution in [0.3, 0.4) is 0 Å². The molecule has 0 saturated carbocycles. The molecule has 4 N–H and O–H groups in total. The number of nitrogens with two attached hydrogens (primary N) is 1. The molecule has 2 amide bonds. The van der Waals surface area contributed by atoms with Crippen LogP contribution in [0.5, 0.6) is 5.75 Å². The number of esters is 1. The first-order valence-corrected chi connectivity index (χ1v) is 19.4. The van der Waals surface area contributed by atoms with Gasteiger partial charge in [0.1, 0.15) is 58.2 Å². The molecule has 0 bridgehead atoms. The maximum absolute atomic E-state index is 13.0. The third-order valence-corrected chi connectivity index (χ3v) is 8.93. The van der Waals surface area contributed by atoms with Gasteiger partial charge in [-0.2, -0.15) is 10.5 Å². The van der Waals surface area contributed by atoms with E-state index in [0.717, 1.165) is 5.56 Å². The summed E-state index contributed by atoms with van der Waals surface area (Å²) in [5.41, 5.74) is 7.32. The first-order valence-electron chi connectivity index (χ1n) is 18.0. The summed E-state index contributed by atoms with van der Waals surface area (Å²) in [6.45, 7) is 11.7. The summed E-state index contributed by atoms with van der Waals surface area (Å²) in [6, 6.07) is 15.9. The van der Waals surface area contributed by atoms with Crippen molar-refractivity contribution >= 4 is 47.2 Å². The zero-order valence-electron chi connectivity index (χ0n) is 33.2. The van der Waals surface area contributed by atoms with E-state index in [9.17, 15) is 24.9 Å². The van der Waals surface area contributed by atoms with Gasteiger partial charge in [0.25, 0.3) is 0 Å². The van der Waals surface area contributed by atoms with E-state index in [1.807, 2.05) is 0 Å². The third-order valence-electron chi connectivity index (χ3n) is 7.67. The van der Waals surface area contributed by atoms with Gasteiger partial charge >= 0.3 is 12.1 Å². The molecule has 2 aromatic heterocycles. The molecular weight excluding hydrogens is 786 g/mol. The van der Waals surface area contributed by atoms with Crippen LogP contribution in [0.4, 0.5) is 10.6 Å². The number of alkyl carbamates (subject to hydrolysis) is 1. The molecule has 0 unspecified atom stereocenters. The number of hydrogen-bond donors (Lipinski definition) is 3. The third kappa shape index (κ3) is 13.4. The Morgan fingerprint density at radius 3 is 2.21 bits per heavy atom. The molecule has 58 heavy (non-hydrogen) atoms. The highest BCUT2D eigenvalue weighted by molar-refractivity contribution is 7.98. The van der Waals surface area contributed by atoms with Crippen molar-refractivity contribution < 1.29 is 37.7 Å². The van der Waals surface area contributed by atoms with E-state index in [1.165, 1.54) is 24.9 Å². The lowest BCUT2D eigenvalue weighted by molar-refractivity contribution is -0.147. The maximum Gasteiger partial charge on any atom is 0.408 e. The molecule has 2 atom stereocenters. The van der Waals surface area contributed by atoms with Crippen molar-refractivity contribution in [1.82, 2.24) is 20.6 Å². The number of nitriles is 2. The number of carbonyl (C=O) groups is 3. The molecule has 0 fully saturated rings. The molecule has 1 radical (unpaired) electrons. The molecule has 4 rings (SSSR count). The van der Waals surface area contributed by atoms with Crippen molar-refractivity contribution in [2.75, 3.05) is 25.6 Å². The van der Waals surface area contributed by atoms with E-state index >= 15 is 0 Å². The number of halogens is 1. The van der Waals surface area contributed by atoms with Crippen LogP contribution in [0, 0.1) is 29.1 Å². The van der Waals surface area contributed by atoms with Gasteiger partial charge in [0.2, 0.25) is 11.8 Å². The first kappa shape index (κ1) is 44.9. The molecule has 2 heterocycles. The number of rotatable bonds is 16. The predicted molar refractivity (Wildman–Crippen MR) is 217 cm³/mol. The normalized spacial score (nSPS) is 12.4. The number of nitrogens with zero attached hydrogens (tertiary/aromatic N) is 4. The highest BCUT2D eigenvalue weighted by atomic mass is 35.5. The second-order valence-corrected chi connectivity index (χ2v) is 16.1. The first-order chi connectivity index (χ1) is 27.4. The van der Waals surface area contributed by atoms with E-state index in [2.05, 4.69) is 32.7 Å². The fourth-order valence-corrected chi connectivity index (χ4v) is 5.96. The number of anilines is 1. The smallest absolute Gasteiger partial charge is 0.408 e. The Morgan fingerprint density at radius 1 is 0.931 bits per heavy atom. The number of nitrogens with one attached hydrogen (secondary N) is 2. The number of aromatic nitrogens is 2. The van der Waals surface area contributed by atoms with Gasteiger partial charge in [0.15, 0.2) is 0 Å². The molecule has 0 aliphatic rings. The van der Waals surface area contributed by atoms with Crippen LogP contribution >= 0.6 is 23.4 Å². The van der Waals surface area contributed by atoms with Gasteiger partial charge in [-0.1, -0.05) is 35.5 Å². The standard InChI is InChI=1S/C41H45ClN7O8S/c1-24(46-35(50)32(22-56-40(2,3)4)48-39(52)57-41(5,6)7)38(51)54-18-8-17-53-29-15-11-25(12-16-29)33-30(19-43)34(45)49-37(31(33)20-44)58-23-28-21-55-36(47-28)26-9-13-27(42)14-10-26/h8-16,21,24,32H,17-18,22-23H2,1-7H3,(H2,45,49)(H,46,50)(H,48,52)/t24-,32-/m0/s1. The van der Waals surface area contributed by atoms with Crippen molar-refractivity contribution in [2.45, 2.75) is 82.5 Å². The highest BCUT2D eigenvalue weighted by Crippen LogP contribution is 2.37. The number of ether oxygens (including phenoxy) is 4. The second-order valence-electron chi connectivity index (χ2n) is 14.7. The van der Waals surface area contributed by atoms with Crippen molar-refractivity contribution in [3.63, 3.8) is 0 Å². The Morgan fingerprint density at radius 2 is 1.59 bits per heavy atom. The average molecular weight is 831 g/mol. The Labute approximate surface area is 346 Å². The van der Waals surface area contributed by atoms with Gasteiger partial charge in [0, 0.05) is 28.3 Å². The van der Waals surface area contributed by atoms with E-state index in [-0.39, 0.29) is 36.8 Å². The molecule has 0 aliphatic heterocycles. The van der Waals surface area contributed by atoms with Crippen LogP contribution in [0.25, 0.3) is 22.6 Å². The van der Waals surface area contributed by atoms with Crippen molar-refractivity contribution in [3.05, 3.63) is 83.1 Å². The molecule has 4 aromatic rings. The minimum atomic E-state index is -1.13. The van der Waals surface area contributed by atoms with Gasteiger partial charge in [-0.15, -0.1) is 0 Å². The highest BCUT2D eigenvalue weighted by Gasteiger charge is 2.29. The summed E-state index contributed by atoms with van der Waals surface area (Å²) >= 11 is 7.22. The molecular formula is C41H45ClN7O8S.